The monoisotopic (exact) mass is 265 g/mol. The first-order valence-electron chi connectivity index (χ1n) is 6.31. The maximum absolute atomic E-state index is 11.6. The second-order valence-corrected chi connectivity index (χ2v) is 6.86. The first kappa shape index (κ1) is 15.5. The highest BCUT2D eigenvalue weighted by Crippen LogP contribution is 2.39. The molecule has 0 bridgehead atoms. The molecule has 0 aliphatic carbocycles. The molecule has 0 aliphatic rings. The van der Waals surface area contributed by atoms with Gasteiger partial charge in [0, 0.05) is 16.7 Å². The summed E-state index contributed by atoms with van der Waals surface area (Å²) in [6.45, 7) is 11.8. The van der Waals surface area contributed by atoms with Crippen molar-refractivity contribution in [2.45, 2.75) is 52.4 Å². The molecule has 3 N–H and O–H groups in total. The van der Waals surface area contributed by atoms with Gasteiger partial charge in [0.2, 0.25) is 0 Å². The molecule has 19 heavy (non-hydrogen) atoms. The summed E-state index contributed by atoms with van der Waals surface area (Å²) in [5.41, 5.74) is 2.77. The van der Waals surface area contributed by atoms with Gasteiger partial charge < -0.3 is 5.11 Å². The molecule has 4 nitrogen and oxygen atoms in total. The van der Waals surface area contributed by atoms with Crippen LogP contribution in [0.4, 0.5) is 0 Å². The fourth-order valence-electron chi connectivity index (χ4n) is 1.97. The van der Waals surface area contributed by atoms with Gasteiger partial charge in [0.15, 0.2) is 0 Å². The number of phenols is 1. The Morgan fingerprint density at radius 1 is 1.00 bits per heavy atom. The van der Waals surface area contributed by atoms with Gasteiger partial charge in [0.1, 0.15) is 5.75 Å². The molecule has 0 atom stereocenters. The Labute approximate surface area is 114 Å². The second-order valence-electron chi connectivity index (χ2n) is 6.86. The van der Waals surface area contributed by atoms with Crippen LogP contribution in [-0.4, -0.2) is 16.2 Å². The van der Waals surface area contributed by atoms with Crippen molar-refractivity contribution in [3.05, 3.63) is 28.8 Å². The zero-order valence-electron chi connectivity index (χ0n) is 12.5. The number of hydrogen-bond acceptors (Lipinski definition) is 3. The fraction of sp³-hybridized carbons (Fsp3) is 0.533. The molecule has 0 saturated heterocycles. The molecule has 1 rings (SSSR count). The lowest BCUT2D eigenvalue weighted by Gasteiger charge is -2.27. The number of amides is 1. The first-order valence-corrected chi connectivity index (χ1v) is 6.31. The summed E-state index contributed by atoms with van der Waals surface area (Å²) in [4.78, 5) is 11.6. The Bertz CT molecular complexity index is 458. The molecule has 0 fully saturated rings. The number of hydroxylamine groups is 1. The van der Waals surface area contributed by atoms with E-state index in [4.69, 9.17) is 5.21 Å². The van der Waals surface area contributed by atoms with Crippen LogP contribution in [0.15, 0.2) is 12.1 Å². The van der Waals surface area contributed by atoms with Crippen molar-refractivity contribution in [1.82, 2.24) is 5.48 Å². The third-order valence-corrected chi connectivity index (χ3v) is 3.09. The van der Waals surface area contributed by atoms with Gasteiger partial charge in [-0.1, -0.05) is 41.5 Å². The van der Waals surface area contributed by atoms with Gasteiger partial charge in [0.05, 0.1) is 0 Å². The zero-order chi connectivity index (χ0) is 15.0. The lowest BCUT2D eigenvalue weighted by Crippen LogP contribution is -2.23. The number of benzene rings is 1. The van der Waals surface area contributed by atoms with Crippen molar-refractivity contribution in [3.8, 4) is 5.75 Å². The minimum absolute atomic E-state index is 0.217. The van der Waals surface area contributed by atoms with Crippen LogP contribution in [0.5, 0.6) is 5.75 Å². The van der Waals surface area contributed by atoms with Crippen LogP contribution in [0.25, 0.3) is 0 Å². The van der Waals surface area contributed by atoms with E-state index >= 15 is 0 Å². The van der Waals surface area contributed by atoms with Crippen LogP contribution in [0.3, 0.4) is 0 Å². The van der Waals surface area contributed by atoms with Gasteiger partial charge in [-0.25, -0.2) is 5.48 Å². The van der Waals surface area contributed by atoms with Crippen LogP contribution in [0, 0.1) is 0 Å². The van der Waals surface area contributed by atoms with E-state index < -0.39 is 5.91 Å². The maximum Gasteiger partial charge on any atom is 0.274 e. The SMILES string of the molecule is CC(C)(C)c1cc(C(=O)NO)cc(C(C)(C)C)c1O. The van der Waals surface area contributed by atoms with Crippen LogP contribution in [-0.2, 0) is 10.8 Å². The van der Waals surface area contributed by atoms with E-state index in [1.807, 2.05) is 41.5 Å². The Balaban J connectivity index is 3.62. The minimum Gasteiger partial charge on any atom is -0.507 e. The van der Waals surface area contributed by atoms with E-state index in [0.717, 1.165) is 0 Å². The van der Waals surface area contributed by atoms with E-state index in [-0.39, 0.29) is 16.6 Å². The van der Waals surface area contributed by atoms with Gasteiger partial charge in [-0.2, -0.15) is 0 Å². The number of carbonyl (C=O) groups is 1. The smallest absolute Gasteiger partial charge is 0.274 e. The summed E-state index contributed by atoms with van der Waals surface area (Å²) in [7, 11) is 0. The average molecular weight is 265 g/mol. The molecule has 0 aliphatic heterocycles. The lowest BCUT2D eigenvalue weighted by molar-refractivity contribution is 0.0706. The maximum atomic E-state index is 11.6. The predicted molar refractivity (Wildman–Crippen MR) is 74.8 cm³/mol. The Morgan fingerprint density at radius 3 is 1.63 bits per heavy atom. The van der Waals surface area contributed by atoms with Gasteiger partial charge in [-0.3, -0.25) is 10.0 Å². The summed E-state index contributed by atoms with van der Waals surface area (Å²) >= 11 is 0. The topological polar surface area (TPSA) is 69.6 Å². The largest absolute Gasteiger partial charge is 0.507 e. The quantitative estimate of drug-likeness (QED) is 0.540. The average Bonchev–Trinajstić information content (AvgIpc) is 2.25. The Hall–Kier alpha value is -1.55. The minimum atomic E-state index is -0.573. The molecule has 1 aromatic carbocycles. The zero-order valence-corrected chi connectivity index (χ0v) is 12.5. The Kier molecular flexibility index (Phi) is 3.96. The van der Waals surface area contributed by atoms with E-state index in [0.29, 0.717) is 16.7 Å². The molecule has 106 valence electrons. The van der Waals surface area contributed by atoms with Crippen molar-refractivity contribution in [2.24, 2.45) is 0 Å². The van der Waals surface area contributed by atoms with Gasteiger partial charge in [0.25, 0.3) is 5.91 Å². The van der Waals surface area contributed by atoms with Gasteiger partial charge in [-0.15, -0.1) is 0 Å². The summed E-state index contributed by atoms with van der Waals surface area (Å²) in [5.74, 6) is -0.356. The Morgan fingerprint density at radius 2 is 1.37 bits per heavy atom. The molecule has 0 saturated carbocycles. The number of phenolic OH excluding ortho intramolecular Hbond substituents is 1. The number of carbonyl (C=O) groups excluding carboxylic acids is 1. The lowest BCUT2D eigenvalue weighted by atomic mass is 9.78. The van der Waals surface area contributed by atoms with Gasteiger partial charge >= 0.3 is 0 Å². The number of rotatable bonds is 1. The van der Waals surface area contributed by atoms with Crippen LogP contribution >= 0.6 is 0 Å². The predicted octanol–water partition coefficient (Wildman–Crippen LogP) is 3.11. The fourth-order valence-corrected chi connectivity index (χ4v) is 1.97. The summed E-state index contributed by atoms with van der Waals surface area (Å²) in [6.07, 6.45) is 0. The summed E-state index contributed by atoms with van der Waals surface area (Å²) < 4.78 is 0. The van der Waals surface area contributed by atoms with Crippen molar-refractivity contribution in [3.63, 3.8) is 0 Å². The highest BCUT2D eigenvalue weighted by molar-refractivity contribution is 5.94. The summed E-state index contributed by atoms with van der Waals surface area (Å²) in [5, 5.41) is 19.2. The molecule has 4 heteroatoms. The molecule has 0 aromatic heterocycles. The van der Waals surface area contributed by atoms with E-state index in [1.54, 1.807) is 17.6 Å². The van der Waals surface area contributed by atoms with E-state index in [1.165, 1.54) is 0 Å². The summed E-state index contributed by atoms with van der Waals surface area (Å²) in [6, 6.07) is 3.24. The molecule has 0 unspecified atom stereocenters. The van der Waals surface area contributed by atoms with Crippen LogP contribution < -0.4 is 5.48 Å². The van der Waals surface area contributed by atoms with Crippen LogP contribution in [0.1, 0.15) is 63.0 Å². The molecule has 1 aromatic rings. The van der Waals surface area contributed by atoms with E-state index in [2.05, 4.69) is 0 Å². The second kappa shape index (κ2) is 4.85. The normalized spacial score (nSPS) is 12.4. The molecular formula is C15H23NO3. The van der Waals surface area contributed by atoms with Crippen LogP contribution in [0.2, 0.25) is 0 Å². The van der Waals surface area contributed by atoms with Crippen molar-refractivity contribution in [2.75, 3.05) is 0 Å². The first-order chi connectivity index (χ1) is 8.48. The van der Waals surface area contributed by atoms with Crippen molar-refractivity contribution in [1.29, 1.82) is 0 Å². The highest BCUT2D eigenvalue weighted by atomic mass is 16.5. The van der Waals surface area contributed by atoms with Gasteiger partial charge in [-0.05, 0) is 23.0 Å². The third-order valence-electron chi connectivity index (χ3n) is 3.09. The molecular weight excluding hydrogens is 242 g/mol. The third kappa shape index (κ3) is 3.26. The van der Waals surface area contributed by atoms with Crippen molar-refractivity contribution >= 4 is 5.91 Å². The van der Waals surface area contributed by atoms with E-state index in [9.17, 15) is 9.90 Å². The highest BCUT2D eigenvalue weighted by Gasteiger charge is 2.27. The van der Waals surface area contributed by atoms with Crippen molar-refractivity contribution < 1.29 is 15.1 Å². The standard InChI is InChI=1S/C15H23NO3/c1-14(2,3)10-7-9(13(18)16-19)8-11(12(10)17)15(4,5)6/h7-8,17,19H,1-6H3,(H,16,18). The number of hydrogen-bond donors (Lipinski definition) is 3. The molecule has 0 spiro atoms. The molecule has 1 amide bonds. The number of nitrogens with one attached hydrogen (secondary N) is 1. The molecule has 0 radical (unpaired) electrons. The molecule has 0 heterocycles. The number of aromatic hydroxyl groups is 1.